The first-order valence-corrected chi connectivity index (χ1v) is 6.64. The Morgan fingerprint density at radius 2 is 2.21 bits per heavy atom. The Balaban J connectivity index is 2.29. The van der Waals surface area contributed by atoms with Gasteiger partial charge < -0.3 is 5.32 Å². The minimum Gasteiger partial charge on any atom is -0.384 e. The number of hydrogen-bond acceptors (Lipinski definition) is 3. The molecule has 0 aromatic heterocycles. The van der Waals surface area contributed by atoms with Crippen LogP contribution in [-0.4, -0.2) is 21.2 Å². The highest BCUT2D eigenvalue weighted by molar-refractivity contribution is 7.89. The lowest BCUT2D eigenvalue weighted by Gasteiger charge is -2.03. The average Bonchev–Trinajstić information content (AvgIpc) is 2.47. The predicted molar refractivity (Wildman–Crippen MR) is 57.2 cm³/mol. The minimum absolute atomic E-state index is 0.139. The molecule has 0 unspecified atom stereocenters. The van der Waals surface area contributed by atoms with E-state index in [0.717, 1.165) is 24.2 Å². The van der Waals surface area contributed by atoms with Gasteiger partial charge in [0, 0.05) is 18.5 Å². The van der Waals surface area contributed by atoms with E-state index in [1.165, 1.54) is 11.8 Å². The Hall–Kier alpha value is -1.03. The fourth-order valence-corrected chi connectivity index (χ4v) is 2.54. The van der Waals surface area contributed by atoms with Crippen molar-refractivity contribution in [2.24, 2.45) is 0 Å². The van der Waals surface area contributed by atoms with Gasteiger partial charge in [-0.3, -0.25) is 0 Å². The lowest BCUT2D eigenvalue weighted by molar-refractivity contribution is 0.601. The van der Waals surface area contributed by atoms with Gasteiger partial charge in [-0.15, -0.1) is 0 Å². The van der Waals surface area contributed by atoms with E-state index in [4.69, 9.17) is 0 Å². The van der Waals surface area contributed by atoms with Crippen LogP contribution in [0.25, 0.3) is 0 Å². The van der Waals surface area contributed by atoms with Gasteiger partial charge in [0.25, 0.3) is 0 Å². The van der Waals surface area contributed by atoms with Crippen LogP contribution in [-0.2, 0) is 22.0 Å². The summed E-state index contributed by atoms with van der Waals surface area (Å²) < 4.78 is 22.2. The van der Waals surface area contributed by atoms with Crippen LogP contribution in [0, 0.1) is 0 Å². The second kappa shape index (κ2) is 3.28. The molecule has 3 nitrogen and oxygen atoms in total. The van der Waals surface area contributed by atoms with Crippen molar-refractivity contribution in [2.45, 2.75) is 12.2 Å². The van der Waals surface area contributed by atoms with E-state index in [0.29, 0.717) is 0 Å². The van der Waals surface area contributed by atoms with Gasteiger partial charge >= 0.3 is 0 Å². The molecule has 2 rings (SSSR count). The van der Waals surface area contributed by atoms with Crippen molar-refractivity contribution in [1.29, 1.82) is 0 Å². The number of sulfone groups is 1. The SMILES string of the molecule is CS(=O)(=O)Cc1ccc2c(c1)CCN2. The summed E-state index contributed by atoms with van der Waals surface area (Å²) in [7, 11) is -2.92. The molecule has 0 amide bonds. The summed E-state index contributed by atoms with van der Waals surface area (Å²) in [6.45, 7) is 0.956. The molecule has 0 atom stereocenters. The van der Waals surface area contributed by atoms with Crippen molar-refractivity contribution in [2.75, 3.05) is 18.1 Å². The molecule has 0 bridgehead atoms. The number of nitrogens with one attached hydrogen (secondary N) is 1. The first-order chi connectivity index (χ1) is 6.54. The topological polar surface area (TPSA) is 46.2 Å². The summed E-state index contributed by atoms with van der Waals surface area (Å²) in [6.07, 6.45) is 2.26. The lowest BCUT2D eigenvalue weighted by atomic mass is 10.1. The second-order valence-electron chi connectivity index (χ2n) is 3.74. The van der Waals surface area contributed by atoms with E-state index in [1.807, 2.05) is 18.2 Å². The third-order valence-corrected chi connectivity index (χ3v) is 3.17. The summed E-state index contributed by atoms with van der Waals surface area (Å²) in [5.41, 5.74) is 3.25. The first-order valence-electron chi connectivity index (χ1n) is 4.58. The lowest BCUT2D eigenvalue weighted by Crippen LogP contribution is -2.00. The summed E-state index contributed by atoms with van der Waals surface area (Å²) in [5.74, 6) is 0.139. The highest BCUT2D eigenvalue weighted by atomic mass is 32.2. The summed E-state index contributed by atoms with van der Waals surface area (Å²) >= 11 is 0. The largest absolute Gasteiger partial charge is 0.384 e. The third-order valence-electron chi connectivity index (χ3n) is 2.31. The molecule has 1 aliphatic rings. The Morgan fingerprint density at radius 3 is 2.93 bits per heavy atom. The van der Waals surface area contributed by atoms with Gasteiger partial charge in [-0.2, -0.15) is 0 Å². The standard InChI is InChI=1S/C10H13NO2S/c1-14(12,13)7-8-2-3-10-9(6-8)4-5-11-10/h2-3,6,11H,4-5,7H2,1H3. The van der Waals surface area contributed by atoms with Crippen LogP contribution >= 0.6 is 0 Å². The van der Waals surface area contributed by atoms with Crippen molar-refractivity contribution in [3.8, 4) is 0 Å². The molecule has 1 aliphatic heterocycles. The van der Waals surface area contributed by atoms with Crippen molar-refractivity contribution < 1.29 is 8.42 Å². The van der Waals surface area contributed by atoms with Gasteiger partial charge in [0.15, 0.2) is 9.84 Å². The molecule has 0 saturated carbocycles. The van der Waals surface area contributed by atoms with Crippen LogP contribution in [0.5, 0.6) is 0 Å². The number of rotatable bonds is 2. The Kier molecular flexibility index (Phi) is 2.23. The monoisotopic (exact) mass is 211 g/mol. The molecule has 0 radical (unpaired) electrons. The van der Waals surface area contributed by atoms with Crippen molar-refractivity contribution in [1.82, 2.24) is 0 Å². The molecule has 1 aromatic rings. The van der Waals surface area contributed by atoms with E-state index in [9.17, 15) is 8.42 Å². The Labute approximate surface area is 84.1 Å². The van der Waals surface area contributed by atoms with Gasteiger partial charge in [0.2, 0.25) is 0 Å². The maximum atomic E-state index is 11.1. The average molecular weight is 211 g/mol. The molecule has 1 N–H and O–H groups in total. The van der Waals surface area contributed by atoms with Gasteiger partial charge in [0.1, 0.15) is 0 Å². The molecule has 1 heterocycles. The zero-order valence-electron chi connectivity index (χ0n) is 8.08. The molecule has 0 aliphatic carbocycles. The highest BCUT2D eigenvalue weighted by Crippen LogP contribution is 2.23. The zero-order chi connectivity index (χ0) is 10.2. The molecule has 1 aromatic carbocycles. The zero-order valence-corrected chi connectivity index (χ0v) is 8.89. The van der Waals surface area contributed by atoms with Crippen LogP contribution in [0.2, 0.25) is 0 Å². The third kappa shape index (κ3) is 2.07. The van der Waals surface area contributed by atoms with E-state index in [2.05, 4.69) is 5.32 Å². The summed E-state index contributed by atoms with van der Waals surface area (Å²) in [6, 6.07) is 5.82. The van der Waals surface area contributed by atoms with Gasteiger partial charge in [-0.1, -0.05) is 12.1 Å². The van der Waals surface area contributed by atoms with Crippen molar-refractivity contribution in [3.63, 3.8) is 0 Å². The summed E-state index contributed by atoms with van der Waals surface area (Å²) in [5, 5.41) is 3.24. The smallest absolute Gasteiger partial charge is 0.151 e. The molecule has 0 spiro atoms. The number of fused-ring (bicyclic) bond motifs is 1. The quantitative estimate of drug-likeness (QED) is 0.799. The molecule has 0 saturated heterocycles. The van der Waals surface area contributed by atoms with Crippen LogP contribution in [0.3, 0.4) is 0 Å². The molecular formula is C10H13NO2S. The van der Waals surface area contributed by atoms with Crippen LogP contribution < -0.4 is 5.32 Å². The molecule has 4 heteroatoms. The predicted octanol–water partition coefficient (Wildman–Crippen LogP) is 1.20. The van der Waals surface area contributed by atoms with Crippen LogP contribution in [0.15, 0.2) is 18.2 Å². The van der Waals surface area contributed by atoms with E-state index in [1.54, 1.807) is 0 Å². The highest BCUT2D eigenvalue weighted by Gasteiger charge is 2.11. The van der Waals surface area contributed by atoms with Gasteiger partial charge in [-0.25, -0.2) is 8.42 Å². The molecule has 0 fully saturated rings. The molecular weight excluding hydrogens is 198 g/mol. The number of hydrogen-bond donors (Lipinski definition) is 1. The Bertz CT molecular complexity index is 451. The first kappa shape index (κ1) is 9.52. The van der Waals surface area contributed by atoms with Crippen LogP contribution in [0.1, 0.15) is 11.1 Å². The van der Waals surface area contributed by atoms with E-state index < -0.39 is 9.84 Å². The van der Waals surface area contributed by atoms with Gasteiger partial charge in [0.05, 0.1) is 5.75 Å². The second-order valence-corrected chi connectivity index (χ2v) is 5.88. The number of benzene rings is 1. The van der Waals surface area contributed by atoms with Crippen molar-refractivity contribution >= 4 is 15.5 Å². The molecule has 14 heavy (non-hydrogen) atoms. The minimum atomic E-state index is -2.92. The number of anilines is 1. The van der Waals surface area contributed by atoms with E-state index in [-0.39, 0.29) is 5.75 Å². The van der Waals surface area contributed by atoms with Gasteiger partial charge in [-0.05, 0) is 23.6 Å². The summed E-state index contributed by atoms with van der Waals surface area (Å²) in [4.78, 5) is 0. The maximum absolute atomic E-state index is 11.1. The van der Waals surface area contributed by atoms with E-state index >= 15 is 0 Å². The fourth-order valence-electron chi connectivity index (χ4n) is 1.75. The molecule has 76 valence electrons. The fraction of sp³-hybridized carbons (Fsp3) is 0.400. The Morgan fingerprint density at radius 1 is 1.43 bits per heavy atom. The van der Waals surface area contributed by atoms with Crippen LogP contribution in [0.4, 0.5) is 5.69 Å². The normalized spacial score (nSPS) is 14.9. The maximum Gasteiger partial charge on any atom is 0.151 e. The van der Waals surface area contributed by atoms with Crippen molar-refractivity contribution in [3.05, 3.63) is 29.3 Å².